The number of benzene rings is 1. The molecule has 1 aromatic carbocycles. The highest BCUT2D eigenvalue weighted by Gasteiger charge is 2.37. The van der Waals surface area contributed by atoms with Crippen LogP contribution in [0.25, 0.3) is 0 Å². The molecule has 0 aromatic heterocycles. The molecule has 0 saturated carbocycles. The molecule has 0 bridgehead atoms. The highest BCUT2D eigenvalue weighted by atomic mass is 32.2. The first-order chi connectivity index (χ1) is 12.2. The van der Waals surface area contributed by atoms with Crippen molar-refractivity contribution in [2.45, 2.75) is 36.6 Å². The van der Waals surface area contributed by atoms with Crippen LogP contribution in [-0.4, -0.2) is 53.8 Å². The van der Waals surface area contributed by atoms with Crippen LogP contribution in [0.4, 0.5) is 5.69 Å². The molecule has 1 saturated heterocycles. The summed E-state index contributed by atoms with van der Waals surface area (Å²) >= 11 is 0. The fourth-order valence-corrected chi connectivity index (χ4v) is 4.40. The number of non-ortho nitro benzene ring substituents is 1. The van der Waals surface area contributed by atoms with Crippen molar-refractivity contribution in [3.05, 3.63) is 34.4 Å². The Morgan fingerprint density at radius 1 is 1.27 bits per heavy atom. The Morgan fingerprint density at radius 2 is 1.92 bits per heavy atom. The van der Waals surface area contributed by atoms with Gasteiger partial charge in [-0.1, -0.05) is 6.42 Å². The van der Waals surface area contributed by atoms with E-state index < -0.39 is 32.9 Å². The highest BCUT2D eigenvalue weighted by Crippen LogP contribution is 2.26. The smallest absolute Gasteiger partial charge is 0.305 e. The molecule has 1 fully saturated rings. The first kappa shape index (κ1) is 19.8. The van der Waals surface area contributed by atoms with Crippen LogP contribution in [0.2, 0.25) is 0 Å². The van der Waals surface area contributed by atoms with Crippen molar-refractivity contribution < 1.29 is 28.0 Å². The largest absolute Gasteiger partial charge is 0.481 e. The van der Waals surface area contributed by atoms with E-state index in [-0.39, 0.29) is 30.1 Å². The number of carbonyl (C=O) groups is 2. The van der Waals surface area contributed by atoms with Crippen LogP contribution < -0.4 is 5.32 Å². The lowest BCUT2D eigenvalue weighted by Gasteiger charge is -2.33. The third kappa shape index (κ3) is 4.55. The van der Waals surface area contributed by atoms with E-state index in [0.717, 1.165) is 28.6 Å². The van der Waals surface area contributed by atoms with Gasteiger partial charge in [0.2, 0.25) is 15.9 Å². The minimum Gasteiger partial charge on any atom is -0.481 e. The predicted octanol–water partition coefficient (Wildman–Crippen LogP) is 0.729. The van der Waals surface area contributed by atoms with Crippen molar-refractivity contribution >= 4 is 27.6 Å². The number of rotatable bonds is 7. The van der Waals surface area contributed by atoms with Crippen molar-refractivity contribution in [3.8, 4) is 0 Å². The molecule has 2 rings (SSSR count). The average Bonchev–Trinajstić information content (AvgIpc) is 2.61. The number of nitrogens with zero attached hydrogens (tertiary/aromatic N) is 2. The Morgan fingerprint density at radius 3 is 2.50 bits per heavy atom. The van der Waals surface area contributed by atoms with Crippen LogP contribution in [0.1, 0.15) is 25.7 Å². The molecule has 0 spiro atoms. The zero-order valence-corrected chi connectivity index (χ0v) is 14.6. The number of amides is 1. The van der Waals surface area contributed by atoms with E-state index in [2.05, 4.69) is 5.32 Å². The third-order valence-corrected chi connectivity index (χ3v) is 5.97. The molecular weight excluding hydrogens is 366 g/mol. The maximum absolute atomic E-state index is 12.8. The summed E-state index contributed by atoms with van der Waals surface area (Å²) in [6.07, 6.45) is 1.33. The SMILES string of the molecule is O=C(O)CCNC(=O)C1CCCCN1S(=O)(=O)c1ccc([N+](=O)[O-])cc1. The lowest BCUT2D eigenvalue weighted by molar-refractivity contribution is -0.384. The van der Waals surface area contributed by atoms with Gasteiger partial charge in [0.05, 0.1) is 16.2 Å². The molecule has 142 valence electrons. The molecule has 2 N–H and O–H groups in total. The first-order valence-corrected chi connectivity index (χ1v) is 9.43. The van der Waals surface area contributed by atoms with Gasteiger partial charge in [-0.15, -0.1) is 0 Å². The van der Waals surface area contributed by atoms with Gasteiger partial charge in [0.1, 0.15) is 6.04 Å². The topological polar surface area (TPSA) is 147 Å². The van der Waals surface area contributed by atoms with E-state index in [9.17, 15) is 28.1 Å². The van der Waals surface area contributed by atoms with Crippen LogP contribution >= 0.6 is 0 Å². The van der Waals surface area contributed by atoms with Crippen molar-refractivity contribution in [3.63, 3.8) is 0 Å². The minimum atomic E-state index is -4.01. The fraction of sp³-hybridized carbons (Fsp3) is 0.467. The van der Waals surface area contributed by atoms with E-state index in [4.69, 9.17) is 5.11 Å². The van der Waals surface area contributed by atoms with Crippen LogP contribution in [0.5, 0.6) is 0 Å². The summed E-state index contributed by atoms with van der Waals surface area (Å²) in [4.78, 5) is 32.8. The number of nitro groups is 1. The molecular formula is C15H19N3O7S. The van der Waals surface area contributed by atoms with Crippen molar-refractivity contribution in [2.24, 2.45) is 0 Å². The van der Waals surface area contributed by atoms with Gasteiger partial charge in [0.25, 0.3) is 5.69 Å². The lowest BCUT2D eigenvalue weighted by Crippen LogP contribution is -2.52. The van der Waals surface area contributed by atoms with Gasteiger partial charge in [0.15, 0.2) is 0 Å². The van der Waals surface area contributed by atoms with Gasteiger partial charge in [-0.2, -0.15) is 4.31 Å². The average molecular weight is 385 g/mol. The third-order valence-electron chi connectivity index (χ3n) is 4.05. The molecule has 1 heterocycles. The number of hydrogen-bond acceptors (Lipinski definition) is 6. The molecule has 0 radical (unpaired) electrons. The summed E-state index contributed by atoms with van der Waals surface area (Å²) < 4.78 is 26.8. The predicted molar refractivity (Wildman–Crippen MR) is 89.9 cm³/mol. The quantitative estimate of drug-likeness (QED) is 0.519. The van der Waals surface area contributed by atoms with Gasteiger partial charge in [-0.3, -0.25) is 19.7 Å². The summed E-state index contributed by atoms with van der Waals surface area (Å²) in [5.41, 5.74) is -0.231. The van der Waals surface area contributed by atoms with E-state index in [1.807, 2.05) is 0 Å². The lowest BCUT2D eigenvalue weighted by atomic mass is 10.0. The van der Waals surface area contributed by atoms with Gasteiger partial charge in [-0.25, -0.2) is 8.42 Å². The summed E-state index contributed by atoms with van der Waals surface area (Å²) in [5.74, 6) is -1.61. The molecule has 26 heavy (non-hydrogen) atoms. The molecule has 1 aliphatic rings. The number of aliphatic carboxylic acids is 1. The minimum absolute atomic E-state index is 0.0872. The Balaban J connectivity index is 2.20. The maximum Gasteiger partial charge on any atom is 0.305 e. The monoisotopic (exact) mass is 385 g/mol. The standard InChI is InChI=1S/C15H19N3O7S/c19-14(20)8-9-16-15(21)13-3-1-2-10-17(13)26(24,25)12-6-4-11(5-7-12)18(22)23/h4-7,13H,1-3,8-10H2,(H,16,21)(H,19,20). The number of carboxylic acid groups (broad SMARTS) is 1. The number of piperidine rings is 1. The summed E-state index contributed by atoms with van der Waals surface area (Å²) in [5, 5.41) is 21.8. The van der Waals surface area contributed by atoms with Crippen LogP contribution in [0, 0.1) is 10.1 Å². The second-order valence-corrected chi connectivity index (χ2v) is 7.70. The van der Waals surface area contributed by atoms with Gasteiger partial charge in [-0.05, 0) is 25.0 Å². The molecule has 0 aliphatic carbocycles. The summed E-state index contributed by atoms with van der Waals surface area (Å²) in [6.45, 7) is 0.0619. The van der Waals surface area contributed by atoms with Crippen molar-refractivity contribution in [2.75, 3.05) is 13.1 Å². The first-order valence-electron chi connectivity index (χ1n) is 7.99. The van der Waals surface area contributed by atoms with E-state index in [1.165, 1.54) is 0 Å². The highest BCUT2D eigenvalue weighted by molar-refractivity contribution is 7.89. The maximum atomic E-state index is 12.8. The van der Waals surface area contributed by atoms with Gasteiger partial charge < -0.3 is 10.4 Å². The molecule has 1 atom stereocenters. The second kappa shape index (κ2) is 8.23. The van der Waals surface area contributed by atoms with Gasteiger partial charge in [0, 0.05) is 25.2 Å². The zero-order valence-electron chi connectivity index (χ0n) is 13.8. The van der Waals surface area contributed by atoms with Gasteiger partial charge >= 0.3 is 5.97 Å². The normalized spacial score (nSPS) is 18.2. The van der Waals surface area contributed by atoms with Crippen molar-refractivity contribution in [1.29, 1.82) is 0 Å². The number of carbonyl (C=O) groups excluding carboxylic acids is 1. The number of carboxylic acids is 1. The molecule has 1 amide bonds. The Bertz CT molecular complexity index is 792. The number of sulfonamides is 1. The Hall–Kier alpha value is -2.53. The second-order valence-electron chi connectivity index (χ2n) is 5.81. The van der Waals surface area contributed by atoms with Crippen molar-refractivity contribution in [1.82, 2.24) is 9.62 Å². The molecule has 1 aliphatic heterocycles. The number of nitrogens with one attached hydrogen (secondary N) is 1. The van der Waals surface area contributed by atoms with Crippen LogP contribution in [0.3, 0.4) is 0 Å². The van der Waals surface area contributed by atoms with E-state index >= 15 is 0 Å². The summed E-state index contributed by atoms with van der Waals surface area (Å²) in [7, 11) is -4.01. The fourth-order valence-electron chi connectivity index (χ4n) is 2.74. The zero-order chi connectivity index (χ0) is 19.3. The number of nitro benzene ring substituents is 1. The summed E-state index contributed by atoms with van der Waals surface area (Å²) in [6, 6.07) is 3.54. The Kier molecular flexibility index (Phi) is 6.27. The molecule has 1 aromatic rings. The van der Waals surface area contributed by atoms with E-state index in [0.29, 0.717) is 19.3 Å². The molecule has 11 heteroatoms. The molecule has 10 nitrogen and oxygen atoms in total. The molecule has 1 unspecified atom stereocenters. The Labute approximate surface area is 150 Å². The van der Waals surface area contributed by atoms with Crippen LogP contribution in [-0.2, 0) is 19.6 Å². The number of hydrogen-bond donors (Lipinski definition) is 2. The van der Waals surface area contributed by atoms with E-state index in [1.54, 1.807) is 0 Å². The van der Waals surface area contributed by atoms with Crippen LogP contribution in [0.15, 0.2) is 29.2 Å².